The van der Waals surface area contributed by atoms with Crippen LogP contribution in [0, 0.1) is 0 Å². The number of rotatable bonds is 6. The van der Waals surface area contributed by atoms with Crippen LogP contribution in [0.1, 0.15) is 28.9 Å². The summed E-state index contributed by atoms with van der Waals surface area (Å²) in [6.45, 7) is 0.456. The Morgan fingerprint density at radius 3 is 2.60 bits per heavy atom. The lowest BCUT2D eigenvalue weighted by Crippen LogP contribution is -2.38. The second kappa shape index (κ2) is 9.27. The number of anilines is 2. The maximum Gasteiger partial charge on any atom is 0.280 e. The van der Waals surface area contributed by atoms with Crippen LogP contribution in [-0.2, 0) is 6.42 Å². The summed E-state index contributed by atoms with van der Waals surface area (Å²) in [5.41, 5.74) is 17.9. The molecule has 1 aromatic heterocycles. The van der Waals surface area contributed by atoms with Crippen molar-refractivity contribution in [2.24, 2.45) is 10.7 Å². The van der Waals surface area contributed by atoms with E-state index in [2.05, 4.69) is 26.3 Å². The Hall–Kier alpha value is -3.59. The number of nitrogens with two attached hydrogens (primary N) is 3. The second-order valence-electron chi connectivity index (χ2n) is 6.68. The average Bonchev–Trinajstić information content (AvgIpc) is 2.70. The van der Waals surface area contributed by atoms with E-state index >= 15 is 0 Å². The van der Waals surface area contributed by atoms with Crippen molar-refractivity contribution in [3.63, 3.8) is 0 Å². The number of hydrogen-bond donors (Lipinski definition) is 5. The molecule has 9 nitrogen and oxygen atoms in total. The molecule has 0 aliphatic carbocycles. The molecule has 1 heterocycles. The molecule has 8 N–H and O–H groups in total. The number of guanidine groups is 1. The molecule has 0 saturated carbocycles. The van der Waals surface area contributed by atoms with E-state index in [1.54, 1.807) is 12.1 Å². The highest BCUT2D eigenvalue weighted by Gasteiger charge is 2.16. The number of aliphatic imine (C=N–C) groups is 1. The van der Waals surface area contributed by atoms with Gasteiger partial charge < -0.3 is 22.3 Å². The van der Waals surface area contributed by atoms with Gasteiger partial charge >= 0.3 is 0 Å². The van der Waals surface area contributed by atoms with E-state index in [1.165, 1.54) is 5.56 Å². The number of benzene rings is 2. The van der Waals surface area contributed by atoms with Gasteiger partial charge in [-0.25, -0.2) is 9.97 Å². The number of aromatic hydroxyl groups is 1. The number of aryl methyl sites for hydroxylation is 1. The second-order valence-corrected chi connectivity index (χ2v) is 7.04. The molecule has 1 amide bonds. The van der Waals surface area contributed by atoms with Gasteiger partial charge in [-0.1, -0.05) is 35.9 Å². The fraction of sp³-hybridized carbons (Fsp3) is 0.200. The Kier molecular flexibility index (Phi) is 6.53. The first-order valence-electron chi connectivity index (χ1n) is 9.25. The van der Waals surface area contributed by atoms with Gasteiger partial charge in [0.05, 0.1) is 0 Å². The average molecular weight is 428 g/mol. The molecule has 0 aliphatic rings. The standard InChI is InChI=1S/C20H22ClN7O2/c21-16-18(23)27-17(22)15(26-16)19(30)28-20(24)25-8-2-1-3-11-4-5-13-10-14(29)7-6-12(13)9-11/h4-7,9-10,29H,1-3,8H2,(H4,22,23,27)(H3,24,25,28,30). The van der Waals surface area contributed by atoms with E-state index in [9.17, 15) is 9.90 Å². The van der Waals surface area contributed by atoms with Gasteiger partial charge in [-0.15, -0.1) is 0 Å². The lowest BCUT2D eigenvalue weighted by Gasteiger charge is -2.07. The fourth-order valence-electron chi connectivity index (χ4n) is 2.90. The van der Waals surface area contributed by atoms with E-state index < -0.39 is 5.91 Å². The number of nitrogens with zero attached hydrogens (tertiary/aromatic N) is 3. The monoisotopic (exact) mass is 427 g/mol. The molecule has 3 rings (SSSR count). The Labute approximate surface area is 178 Å². The number of nitrogen functional groups attached to an aromatic ring is 2. The van der Waals surface area contributed by atoms with Gasteiger partial charge in [0.25, 0.3) is 5.91 Å². The maximum atomic E-state index is 12.2. The summed E-state index contributed by atoms with van der Waals surface area (Å²) < 4.78 is 0. The van der Waals surface area contributed by atoms with Crippen LogP contribution in [0.25, 0.3) is 10.8 Å². The van der Waals surface area contributed by atoms with Crippen molar-refractivity contribution >= 4 is 45.9 Å². The van der Waals surface area contributed by atoms with E-state index in [0.717, 1.165) is 30.0 Å². The zero-order valence-electron chi connectivity index (χ0n) is 16.1. The molecular formula is C20H22ClN7O2. The highest BCUT2D eigenvalue weighted by molar-refractivity contribution is 6.31. The molecule has 10 heteroatoms. The maximum absolute atomic E-state index is 12.2. The van der Waals surface area contributed by atoms with Gasteiger partial charge in [0.1, 0.15) is 5.75 Å². The predicted octanol–water partition coefficient (Wildman–Crippen LogP) is 2.22. The number of amides is 1. The van der Waals surface area contributed by atoms with Crippen LogP contribution in [0.5, 0.6) is 5.75 Å². The molecular weight excluding hydrogens is 406 g/mol. The number of fused-ring (bicyclic) bond motifs is 1. The van der Waals surface area contributed by atoms with Gasteiger partial charge in [-0.3, -0.25) is 15.1 Å². The molecule has 0 atom stereocenters. The van der Waals surface area contributed by atoms with Crippen LogP contribution in [0.3, 0.4) is 0 Å². The minimum atomic E-state index is -0.662. The Morgan fingerprint density at radius 2 is 1.80 bits per heavy atom. The lowest BCUT2D eigenvalue weighted by molar-refractivity contribution is 0.0972. The van der Waals surface area contributed by atoms with Crippen molar-refractivity contribution in [2.75, 3.05) is 18.0 Å². The van der Waals surface area contributed by atoms with Crippen molar-refractivity contribution in [3.05, 3.63) is 52.8 Å². The molecule has 30 heavy (non-hydrogen) atoms. The topological polar surface area (TPSA) is 166 Å². The third kappa shape index (κ3) is 5.26. The highest BCUT2D eigenvalue weighted by atomic mass is 35.5. The Morgan fingerprint density at radius 1 is 1.07 bits per heavy atom. The summed E-state index contributed by atoms with van der Waals surface area (Å²) in [6.07, 6.45) is 2.58. The summed E-state index contributed by atoms with van der Waals surface area (Å²) in [7, 11) is 0. The van der Waals surface area contributed by atoms with Crippen LogP contribution in [-0.4, -0.2) is 33.5 Å². The smallest absolute Gasteiger partial charge is 0.280 e. The molecule has 0 unspecified atom stereocenters. The van der Waals surface area contributed by atoms with Crippen molar-refractivity contribution in [3.8, 4) is 5.75 Å². The molecule has 0 spiro atoms. The number of unbranched alkanes of at least 4 members (excludes halogenated alkanes) is 1. The van der Waals surface area contributed by atoms with Gasteiger partial charge in [0.2, 0.25) is 0 Å². The number of halogens is 1. The molecule has 0 aliphatic heterocycles. The summed E-state index contributed by atoms with van der Waals surface area (Å²) in [6, 6.07) is 11.5. The van der Waals surface area contributed by atoms with Crippen LogP contribution >= 0.6 is 11.6 Å². The number of carbonyl (C=O) groups is 1. The number of hydrogen-bond acceptors (Lipinski definition) is 7. The van der Waals surface area contributed by atoms with Crippen LogP contribution in [0.15, 0.2) is 41.4 Å². The number of nitrogens with one attached hydrogen (secondary N) is 1. The third-order valence-electron chi connectivity index (χ3n) is 4.41. The highest BCUT2D eigenvalue weighted by Crippen LogP contribution is 2.22. The summed E-state index contributed by atoms with van der Waals surface area (Å²) in [5.74, 6) is -0.651. The van der Waals surface area contributed by atoms with Gasteiger partial charge in [0.15, 0.2) is 28.4 Å². The summed E-state index contributed by atoms with van der Waals surface area (Å²) in [5, 5.41) is 13.9. The third-order valence-corrected chi connectivity index (χ3v) is 4.68. The van der Waals surface area contributed by atoms with E-state index in [1.807, 2.05) is 18.2 Å². The largest absolute Gasteiger partial charge is 0.508 e. The molecule has 2 aromatic carbocycles. The Balaban J connectivity index is 1.48. The zero-order valence-corrected chi connectivity index (χ0v) is 16.9. The van der Waals surface area contributed by atoms with Crippen molar-refractivity contribution < 1.29 is 9.90 Å². The van der Waals surface area contributed by atoms with E-state index in [-0.39, 0.29) is 34.2 Å². The first-order valence-corrected chi connectivity index (χ1v) is 9.62. The molecule has 0 bridgehead atoms. The fourth-order valence-corrected chi connectivity index (χ4v) is 3.03. The number of phenols is 1. The zero-order chi connectivity index (χ0) is 21.7. The molecule has 3 aromatic rings. The van der Waals surface area contributed by atoms with Crippen molar-refractivity contribution in [1.82, 2.24) is 15.3 Å². The number of carbonyl (C=O) groups excluding carboxylic acids is 1. The molecule has 0 saturated heterocycles. The molecule has 0 radical (unpaired) electrons. The van der Waals surface area contributed by atoms with Gasteiger partial charge in [-0.05, 0) is 47.7 Å². The van der Waals surface area contributed by atoms with Crippen molar-refractivity contribution in [2.45, 2.75) is 19.3 Å². The van der Waals surface area contributed by atoms with Gasteiger partial charge in [-0.2, -0.15) is 0 Å². The van der Waals surface area contributed by atoms with Crippen molar-refractivity contribution in [1.29, 1.82) is 0 Å². The normalized spacial score (nSPS) is 11.6. The van der Waals surface area contributed by atoms with Crippen LogP contribution < -0.4 is 22.5 Å². The predicted molar refractivity (Wildman–Crippen MR) is 118 cm³/mol. The molecule has 156 valence electrons. The first kappa shape index (κ1) is 21.1. The van der Waals surface area contributed by atoms with Crippen LogP contribution in [0.2, 0.25) is 5.15 Å². The number of phenolic OH excluding ortho intramolecular Hbond substituents is 1. The van der Waals surface area contributed by atoms with Crippen LogP contribution in [0.4, 0.5) is 11.6 Å². The first-order chi connectivity index (χ1) is 14.3. The van der Waals surface area contributed by atoms with Gasteiger partial charge in [0, 0.05) is 6.54 Å². The summed E-state index contributed by atoms with van der Waals surface area (Å²) >= 11 is 5.77. The van der Waals surface area contributed by atoms with E-state index in [0.29, 0.717) is 6.54 Å². The van der Waals surface area contributed by atoms with E-state index in [4.69, 9.17) is 28.8 Å². The Bertz CT molecular complexity index is 1120. The summed E-state index contributed by atoms with van der Waals surface area (Å²) in [4.78, 5) is 23.9. The lowest BCUT2D eigenvalue weighted by atomic mass is 10.0. The minimum absolute atomic E-state index is 0.0420. The SMILES string of the molecule is NC(=NCCCCc1ccc2cc(O)ccc2c1)NC(=O)c1nc(Cl)c(N)nc1N. The molecule has 0 fully saturated rings. The quantitative estimate of drug-likeness (QED) is 0.228. The minimum Gasteiger partial charge on any atom is -0.508 e. The number of aromatic nitrogens is 2.